The predicted molar refractivity (Wildman–Crippen MR) is 94.2 cm³/mol. The van der Waals surface area contributed by atoms with Crippen molar-refractivity contribution in [1.82, 2.24) is 9.97 Å². The van der Waals surface area contributed by atoms with E-state index in [9.17, 15) is 0 Å². The van der Waals surface area contributed by atoms with Gasteiger partial charge in [0.25, 0.3) is 0 Å². The molecule has 0 N–H and O–H groups in total. The number of fused-ring (bicyclic) bond motifs is 1. The van der Waals surface area contributed by atoms with Crippen molar-refractivity contribution in [2.75, 3.05) is 0 Å². The molecule has 0 saturated heterocycles. The zero-order chi connectivity index (χ0) is 15.6. The van der Waals surface area contributed by atoms with Gasteiger partial charge in [-0.25, -0.2) is 4.98 Å². The zero-order valence-corrected chi connectivity index (χ0v) is 13.8. The van der Waals surface area contributed by atoms with Crippen molar-refractivity contribution in [3.63, 3.8) is 0 Å². The summed E-state index contributed by atoms with van der Waals surface area (Å²) in [6.07, 6.45) is 4.32. The average molecular weight is 365 g/mol. The van der Waals surface area contributed by atoms with E-state index in [1.807, 2.05) is 24.3 Å². The Morgan fingerprint density at radius 2 is 1.83 bits per heavy atom. The maximum Gasteiger partial charge on any atom is 0.228 e. The Bertz CT molecular complexity index is 963. The number of aromatic nitrogens is 2. The van der Waals surface area contributed by atoms with E-state index >= 15 is 0 Å². The lowest BCUT2D eigenvalue weighted by Crippen LogP contribution is -1.87. The van der Waals surface area contributed by atoms with Crippen LogP contribution in [0.25, 0.3) is 22.6 Å². The Labute approximate surface area is 142 Å². The minimum absolute atomic E-state index is 0.592. The van der Waals surface area contributed by atoms with Crippen LogP contribution in [0.4, 0.5) is 0 Å². The van der Waals surface area contributed by atoms with Gasteiger partial charge in [0, 0.05) is 28.9 Å². The molecule has 0 radical (unpaired) electrons. The van der Waals surface area contributed by atoms with E-state index in [0.717, 1.165) is 33.1 Å². The first kappa shape index (κ1) is 14.2. The van der Waals surface area contributed by atoms with Crippen LogP contribution < -0.4 is 0 Å². The first-order valence-corrected chi connectivity index (χ1v) is 8.12. The Morgan fingerprint density at radius 1 is 0.957 bits per heavy atom. The summed E-state index contributed by atoms with van der Waals surface area (Å²) in [5.74, 6) is 0.592. The third kappa shape index (κ3) is 2.90. The number of benzene rings is 2. The highest BCUT2D eigenvalue weighted by molar-refractivity contribution is 9.10. The maximum absolute atomic E-state index is 6.04. The van der Waals surface area contributed by atoms with E-state index in [0.29, 0.717) is 5.89 Å². The van der Waals surface area contributed by atoms with Crippen molar-refractivity contribution in [2.24, 2.45) is 0 Å². The van der Waals surface area contributed by atoms with Gasteiger partial charge in [0.1, 0.15) is 5.52 Å². The first-order chi connectivity index (χ1) is 11.3. The summed E-state index contributed by atoms with van der Waals surface area (Å²) in [6, 6.07) is 18.4. The number of hydrogen-bond donors (Lipinski definition) is 0. The topological polar surface area (TPSA) is 38.9 Å². The van der Waals surface area contributed by atoms with Gasteiger partial charge < -0.3 is 4.42 Å². The number of hydrogen-bond acceptors (Lipinski definition) is 3. The minimum atomic E-state index is 0.592. The molecule has 2 heterocycles. The monoisotopic (exact) mass is 364 g/mol. The molecular weight excluding hydrogens is 352 g/mol. The van der Waals surface area contributed by atoms with Gasteiger partial charge in [0.05, 0.1) is 5.56 Å². The SMILES string of the molecule is Brc1cncc(-c2nc3cccc(Cc4ccccc4)c3o2)c1. The second-order valence-electron chi connectivity index (χ2n) is 5.34. The van der Waals surface area contributed by atoms with Crippen LogP contribution in [0.15, 0.2) is 75.9 Å². The normalized spacial score (nSPS) is 11.0. The molecule has 4 aromatic rings. The molecule has 0 aliphatic carbocycles. The molecule has 0 fully saturated rings. The Balaban J connectivity index is 1.78. The van der Waals surface area contributed by atoms with Crippen LogP contribution in [0.3, 0.4) is 0 Å². The third-order valence-corrected chi connectivity index (χ3v) is 4.12. The molecule has 4 rings (SSSR count). The van der Waals surface area contributed by atoms with Crippen LogP contribution in [0.5, 0.6) is 0 Å². The van der Waals surface area contributed by atoms with E-state index in [1.165, 1.54) is 5.56 Å². The van der Waals surface area contributed by atoms with Crippen LogP contribution in [0, 0.1) is 0 Å². The molecule has 23 heavy (non-hydrogen) atoms. The molecule has 0 amide bonds. The zero-order valence-electron chi connectivity index (χ0n) is 12.2. The molecule has 0 aliphatic heterocycles. The van der Waals surface area contributed by atoms with Crippen LogP contribution in [0.2, 0.25) is 0 Å². The van der Waals surface area contributed by atoms with Crippen LogP contribution in [-0.4, -0.2) is 9.97 Å². The molecule has 3 nitrogen and oxygen atoms in total. The smallest absolute Gasteiger partial charge is 0.228 e. The summed E-state index contributed by atoms with van der Waals surface area (Å²) in [7, 11) is 0. The standard InChI is InChI=1S/C19H13BrN2O/c20-16-10-15(11-21-12-16)19-22-17-8-4-7-14(18(17)23-19)9-13-5-2-1-3-6-13/h1-8,10-12H,9H2. The van der Waals surface area contributed by atoms with Crippen molar-refractivity contribution in [3.05, 3.63) is 82.6 Å². The number of oxazole rings is 1. The van der Waals surface area contributed by atoms with Gasteiger partial charge in [0.15, 0.2) is 5.58 Å². The van der Waals surface area contributed by atoms with E-state index in [2.05, 4.69) is 56.2 Å². The summed E-state index contributed by atoms with van der Waals surface area (Å²) >= 11 is 3.43. The van der Waals surface area contributed by atoms with Gasteiger partial charge in [-0.2, -0.15) is 0 Å². The van der Waals surface area contributed by atoms with E-state index in [1.54, 1.807) is 12.4 Å². The lowest BCUT2D eigenvalue weighted by Gasteiger charge is -2.02. The fraction of sp³-hybridized carbons (Fsp3) is 0.0526. The van der Waals surface area contributed by atoms with E-state index < -0.39 is 0 Å². The van der Waals surface area contributed by atoms with Crippen LogP contribution in [-0.2, 0) is 6.42 Å². The van der Waals surface area contributed by atoms with Gasteiger partial charge in [-0.05, 0) is 33.6 Å². The third-order valence-electron chi connectivity index (χ3n) is 3.69. The summed E-state index contributed by atoms with van der Waals surface area (Å²) in [4.78, 5) is 8.77. The van der Waals surface area contributed by atoms with Gasteiger partial charge in [-0.3, -0.25) is 4.98 Å². The molecule has 0 bridgehead atoms. The largest absolute Gasteiger partial charge is 0.436 e. The van der Waals surface area contributed by atoms with Gasteiger partial charge in [-0.15, -0.1) is 0 Å². The molecule has 0 aliphatic rings. The van der Waals surface area contributed by atoms with Crippen molar-refractivity contribution in [2.45, 2.75) is 6.42 Å². The predicted octanol–water partition coefficient (Wildman–Crippen LogP) is 5.24. The van der Waals surface area contributed by atoms with Crippen molar-refractivity contribution < 1.29 is 4.42 Å². The van der Waals surface area contributed by atoms with Gasteiger partial charge in [-0.1, -0.05) is 42.5 Å². The van der Waals surface area contributed by atoms with E-state index in [4.69, 9.17) is 4.42 Å². The Hall–Kier alpha value is -2.46. The molecule has 2 aromatic carbocycles. The van der Waals surface area contributed by atoms with E-state index in [-0.39, 0.29) is 0 Å². The fourth-order valence-electron chi connectivity index (χ4n) is 2.61. The first-order valence-electron chi connectivity index (χ1n) is 7.33. The number of rotatable bonds is 3. The van der Waals surface area contributed by atoms with Crippen molar-refractivity contribution in [3.8, 4) is 11.5 Å². The highest BCUT2D eigenvalue weighted by Crippen LogP contribution is 2.28. The number of halogens is 1. The average Bonchev–Trinajstić information content (AvgIpc) is 3.01. The highest BCUT2D eigenvalue weighted by atomic mass is 79.9. The minimum Gasteiger partial charge on any atom is -0.436 e. The molecular formula is C19H13BrN2O. The summed E-state index contributed by atoms with van der Waals surface area (Å²) < 4.78 is 6.94. The van der Waals surface area contributed by atoms with Crippen molar-refractivity contribution in [1.29, 1.82) is 0 Å². The highest BCUT2D eigenvalue weighted by Gasteiger charge is 2.12. The summed E-state index contributed by atoms with van der Waals surface area (Å²) in [5.41, 5.74) is 4.96. The number of nitrogens with zero attached hydrogens (tertiary/aromatic N) is 2. The summed E-state index contributed by atoms with van der Waals surface area (Å²) in [5, 5.41) is 0. The second kappa shape index (κ2) is 5.97. The molecule has 0 spiro atoms. The van der Waals surface area contributed by atoms with Gasteiger partial charge >= 0.3 is 0 Å². The molecule has 2 aromatic heterocycles. The maximum atomic E-state index is 6.04. The Kier molecular flexibility index (Phi) is 3.67. The molecule has 4 heteroatoms. The lowest BCUT2D eigenvalue weighted by molar-refractivity contribution is 0.615. The van der Waals surface area contributed by atoms with Crippen molar-refractivity contribution >= 4 is 27.0 Å². The van der Waals surface area contributed by atoms with Crippen LogP contribution in [0.1, 0.15) is 11.1 Å². The second-order valence-corrected chi connectivity index (χ2v) is 6.25. The quantitative estimate of drug-likeness (QED) is 0.498. The Morgan fingerprint density at radius 3 is 2.65 bits per heavy atom. The molecule has 0 unspecified atom stereocenters. The fourth-order valence-corrected chi connectivity index (χ4v) is 2.98. The molecule has 112 valence electrons. The number of pyridine rings is 1. The van der Waals surface area contributed by atoms with Gasteiger partial charge in [0.2, 0.25) is 5.89 Å². The summed E-state index contributed by atoms with van der Waals surface area (Å²) in [6.45, 7) is 0. The lowest BCUT2D eigenvalue weighted by atomic mass is 10.0. The van der Waals surface area contributed by atoms with Crippen LogP contribution >= 0.6 is 15.9 Å². The molecule has 0 atom stereocenters. The number of para-hydroxylation sites is 1. The molecule has 0 saturated carbocycles.